The summed E-state index contributed by atoms with van der Waals surface area (Å²) in [5.74, 6) is -0.285. The third-order valence-electron chi connectivity index (χ3n) is 6.47. The minimum absolute atomic E-state index is 0.158. The van der Waals surface area contributed by atoms with Crippen LogP contribution in [0.1, 0.15) is 6.42 Å². The molecule has 1 aliphatic rings. The van der Waals surface area contributed by atoms with Gasteiger partial charge in [-0.2, -0.15) is 5.10 Å². The zero-order valence-corrected chi connectivity index (χ0v) is 23.2. The second kappa shape index (κ2) is 12.9. The number of amides is 2. The third-order valence-corrected chi connectivity index (χ3v) is 7.39. The maximum atomic E-state index is 14.2. The van der Waals surface area contributed by atoms with Crippen LogP contribution in [0.15, 0.2) is 54.7 Å². The highest BCUT2D eigenvalue weighted by atomic mass is 32.1. The molecule has 0 spiro atoms. The van der Waals surface area contributed by atoms with Gasteiger partial charge in [0.2, 0.25) is 5.91 Å². The summed E-state index contributed by atoms with van der Waals surface area (Å²) in [4.78, 5) is 25.2. The van der Waals surface area contributed by atoms with Gasteiger partial charge in [0, 0.05) is 55.3 Å². The van der Waals surface area contributed by atoms with Gasteiger partial charge in [0.1, 0.15) is 35.7 Å². The Morgan fingerprint density at radius 2 is 2.07 bits per heavy atom. The van der Waals surface area contributed by atoms with E-state index in [1.165, 1.54) is 29.5 Å². The topological polar surface area (TPSA) is 121 Å². The smallest absolute Gasteiger partial charge is 0.407 e. The Labute approximate surface area is 239 Å². The number of thiophene rings is 1. The van der Waals surface area contributed by atoms with Gasteiger partial charge in [-0.15, -0.1) is 21.5 Å². The normalized spacial score (nSPS) is 14.8. The number of nitrogens with zero attached hydrogens (tertiary/aromatic N) is 5. The molecule has 0 unspecified atom stereocenters. The van der Waals surface area contributed by atoms with Gasteiger partial charge < -0.3 is 24.4 Å². The van der Waals surface area contributed by atoms with E-state index >= 15 is 0 Å². The zero-order chi connectivity index (χ0) is 28.8. The summed E-state index contributed by atoms with van der Waals surface area (Å²) >= 11 is 1.52. The summed E-state index contributed by atoms with van der Waals surface area (Å²) < 4.78 is 33.5. The summed E-state index contributed by atoms with van der Waals surface area (Å²) in [5.41, 5.74) is 2.80. The van der Waals surface area contributed by atoms with Crippen molar-refractivity contribution in [3.8, 4) is 28.3 Å². The SMILES string of the molecule is C=CC(=O)N1CC[C@H](OC(=O)NCCOCCOc2cc(F)ccc2-c2nnc(-c3cnn(C)c3)c3ccsc23)C1. The van der Waals surface area contributed by atoms with Crippen molar-refractivity contribution in [3.05, 3.63) is 60.5 Å². The number of aromatic nitrogens is 4. The van der Waals surface area contributed by atoms with Crippen molar-refractivity contribution in [1.82, 2.24) is 30.2 Å². The first-order chi connectivity index (χ1) is 19.9. The van der Waals surface area contributed by atoms with Crippen LogP contribution >= 0.6 is 11.3 Å². The number of nitrogens with one attached hydrogen (secondary N) is 1. The summed E-state index contributed by atoms with van der Waals surface area (Å²) in [7, 11) is 1.84. The van der Waals surface area contributed by atoms with Gasteiger partial charge in [-0.3, -0.25) is 9.48 Å². The second-order valence-corrected chi connectivity index (χ2v) is 10.2. The molecule has 1 fully saturated rings. The van der Waals surface area contributed by atoms with E-state index < -0.39 is 11.9 Å². The first-order valence-electron chi connectivity index (χ1n) is 13.0. The molecule has 0 saturated carbocycles. The molecule has 4 heterocycles. The average molecular weight is 581 g/mol. The lowest BCUT2D eigenvalue weighted by Gasteiger charge is -2.15. The van der Waals surface area contributed by atoms with Gasteiger partial charge >= 0.3 is 6.09 Å². The molecule has 13 heteroatoms. The van der Waals surface area contributed by atoms with Crippen molar-refractivity contribution in [2.24, 2.45) is 7.05 Å². The first kappa shape index (κ1) is 28.2. The fraction of sp³-hybridized carbons (Fsp3) is 0.321. The summed E-state index contributed by atoms with van der Waals surface area (Å²) in [6.45, 7) is 5.19. The number of hydrogen-bond acceptors (Lipinski definition) is 9. The van der Waals surface area contributed by atoms with Crippen molar-refractivity contribution >= 4 is 33.4 Å². The van der Waals surface area contributed by atoms with Gasteiger partial charge in [-0.1, -0.05) is 6.58 Å². The van der Waals surface area contributed by atoms with Crippen molar-refractivity contribution in [3.63, 3.8) is 0 Å². The minimum atomic E-state index is -0.567. The number of alkyl carbamates (subject to hydrolysis) is 1. The number of carbonyl (C=O) groups excluding carboxylic acids is 2. The van der Waals surface area contributed by atoms with E-state index in [0.29, 0.717) is 36.5 Å². The molecule has 214 valence electrons. The number of hydrogen-bond donors (Lipinski definition) is 1. The molecule has 0 bridgehead atoms. The molecule has 1 atom stereocenters. The maximum Gasteiger partial charge on any atom is 0.407 e. The Kier molecular flexibility index (Phi) is 8.85. The van der Waals surface area contributed by atoms with Crippen LogP contribution in [0.4, 0.5) is 9.18 Å². The van der Waals surface area contributed by atoms with Gasteiger partial charge in [0.05, 0.1) is 30.7 Å². The van der Waals surface area contributed by atoms with Crippen LogP contribution in [0.25, 0.3) is 32.6 Å². The van der Waals surface area contributed by atoms with Crippen LogP contribution in [0.5, 0.6) is 5.75 Å². The fourth-order valence-electron chi connectivity index (χ4n) is 4.51. The van der Waals surface area contributed by atoms with Crippen LogP contribution in [0, 0.1) is 5.82 Å². The largest absolute Gasteiger partial charge is 0.490 e. The summed E-state index contributed by atoms with van der Waals surface area (Å²) in [6, 6.07) is 6.29. The van der Waals surface area contributed by atoms with E-state index in [9.17, 15) is 14.0 Å². The number of carbonyl (C=O) groups is 2. The van der Waals surface area contributed by atoms with Crippen LogP contribution in [0.3, 0.4) is 0 Å². The number of likely N-dealkylation sites (tertiary alicyclic amines) is 1. The van der Waals surface area contributed by atoms with Gasteiger partial charge in [-0.05, 0) is 29.7 Å². The Balaban J connectivity index is 1.12. The Bertz CT molecular complexity index is 1560. The van der Waals surface area contributed by atoms with Crippen molar-refractivity contribution < 1.29 is 28.2 Å². The molecule has 2 amide bonds. The van der Waals surface area contributed by atoms with E-state index in [4.69, 9.17) is 14.2 Å². The standard InChI is InChI=1S/C28H29FN6O5S/c1-3-24(36)35-9-6-20(17-35)40-28(37)30-8-10-38-11-12-39-23-14-19(29)4-5-21(23)26-27-22(7-13-41-27)25(32-33-26)18-15-31-34(2)16-18/h3-5,7,13-16,20H,1,6,8-12,17H2,2H3,(H,30,37)/t20-/m0/s1. The predicted molar refractivity (Wildman–Crippen MR) is 151 cm³/mol. The van der Waals surface area contributed by atoms with Crippen LogP contribution < -0.4 is 10.1 Å². The second-order valence-electron chi connectivity index (χ2n) is 9.30. The highest BCUT2D eigenvalue weighted by Gasteiger charge is 2.27. The molecule has 11 nitrogen and oxygen atoms in total. The number of benzene rings is 1. The lowest BCUT2D eigenvalue weighted by Crippen LogP contribution is -2.34. The number of halogens is 1. The molecule has 1 aromatic carbocycles. The van der Waals surface area contributed by atoms with Gasteiger partial charge in [0.15, 0.2) is 0 Å². The quantitative estimate of drug-likeness (QED) is 0.210. The monoisotopic (exact) mass is 580 g/mol. The van der Waals surface area contributed by atoms with E-state index in [1.807, 2.05) is 24.7 Å². The van der Waals surface area contributed by atoms with E-state index in [1.54, 1.807) is 21.8 Å². The number of rotatable bonds is 11. The molecule has 5 rings (SSSR count). The minimum Gasteiger partial charge on any atom is -0.490 e. The molecule has 1 saturated heterocycles. The van der Waals surface area contributed by atoms with Crippen LogP contribution in [-0.2, 0) is 21.3 Å². The van der Waals surface area contributed by atoms with Crippen LogP contribution in [0.2, 0.25) is 0 Å². The Morgan fingerprint density at radius 3 is 2.88 bits per heavy atom. The molecule has 41 heavy (non-hydrogen) atoms. The lowest BCUT2D eigenvalue weighted by molar-refractivity contribution is -0.125. The first-order valence-corrected chi connectivity index (χ1v) is 13.9. The Morgan fingerprint density at radius 1 is 1.22 bits per heavy atom. The predicted octanol–water partition coefficient (Wildman–Crippen LogP) is 3.81. The molecule has 4 aromatic rings. The maximum absolute atomic E-state index is 14.2. The van der Waals surface area contributed by atoms with Gasteiger partial charge in [0.25, 0.3) is 0 Å². The number of aryl methyl sites for hydroxylation is 1. The molecule has 3 aromatic heterocycles. The molecule has 0 aliphatic carbocycles. The summed E-state index contributed by atoms with van der Waals surface area (Å²) in [6.07, 6.45) is 4.53. The number of ether oxygens (including phenoxy) is 3. The highest BCUT2D eigenvalue weighted by Crippen LogP contribution is 2.39. The molecular weight excluding hydrogens is 551 g/mol. The molecular formula is C28H29FN6O5S. The average Bonchev–Trinajstić information content (AvgIpc) is 3.73. The molecule has 0 radical (unpaired) electrons. The van der Waals surface area contributed by atoms with Gasteiger partial charge in [-0.25, -0.2) is 9.18 Å². The molecule has 1 aliphatic heterocycles. The Hall–Kier alpha value is -4.36. The summed E-state index contributed by atoms with van der Waals surface area (Å²) in [5, 5.41) is 18.7. The van der Waals surface area contributed by atoms with Crippen LogP contribution in [-0.4, -0.2) is 82.4 Å². The van der Waals surface area contributed by atoms with Crippen molar-refractivity contribution in [2.75, 3.05) is 39.5 Å². The zero-order valence-electron chi connectivity index (χ0n) is 22.4. The highest BCUT2D eigenvalue weighted by molar-refractivity contribution is 7.17. The van der Waals surface area contributed by atoms with Crippen molar-refractivity contribution in [1.29, 1.82) is 0 Å². The molecule has 1 N–H and O–H groups in total. The van der Waals surface area contributed by atoms with E-state index in [-0.39, 0.29) is 38.4 Å². The fourth-order valence-corrected chi connectivity index (χ4v) is 5.40. The van der Waals surface area contributed by atoms with E-state index in [2.05, 4.69) is 27.2 Å². The number of fused-ring (bicyclic) bond motifs is 1. The lowest BCUT2D eigenvalue weighted by atomic mass is 10.1. The van der Waals surface area contributed by atoms with E-state index in [0.717, 1.165) is 21.3 Å². The van der Waals surface area contributed by atoms with Crippen molar-refractivity contribution in [2.45, 2.75) is 12.5 Å². The third kappa shape index (κ3) is 6.69.